The first-order valence-corrected chi connectivity index (χ1v) is 8.46. The van der Waals surface area contributed by atoms with Crippen LogP contribution in [0.4, 0.5) is 10.1 Å². The van der Waals surface area contributed by atoms with Gasteiger partial charge in [0, 0.05) is 6.54 Å². The smallest absolute Gasteiger partial charge is 0.180 e. The fourth-order valence-corrected chi connectivity index (χ4v) is 3.08. The number of benzene rings is 2. The molecule has 6 heteroatoms. The van der Waals surface area contributed by atoms with Gasteiger partial charge in [0.05, 0.1) is 21.4 Å². The van der Waals surface area contributed by atoms with Crippen LogP contribution in [-0.2, 0) is 16.4 Å². The Morgan fingerprint density at radius 2 is 1.90 bits per heavy atom. The number of hydrogen-bond donors (Lipinski definition) is 1. The van der Waals surface area contributed by atoms with Gasteiger partial charge in [-0.3, -0.25) is 0 Å². The van der Waals surface area contributed by atoms with Gasteiger partial charge < -0.3 is 5.32 Å². The number of nitrogens with one attached hydrogen (secondary N) is 1. The molecule has 0 atom stereocenters. The standard InChI is InChI=1S/C15H15ClFNO2S/c1-2-21(19,20)15-6-4-3-5-14(15)18-10-11-7-8-12(16)13(17)9-11/h3-9,18H,2,10H2,1H3. The van der Waals surface area contributed by atoms with Crippen molar-refractivity contribution < 1.29 is 12.8 Å². The van der Waals surface area contributed by atoms with E-state index in [1.165, 1.54) is 12.1 Å². The van der Waals surface area contributed by atoms with Gasteiger partial charge in [-0.25, -0.2) is 12.8 Å². The minimum atomic E-state index is -3.31. The fraction of sp³-hybridized carbons (Fsp3) is 0.200. The van der Waals surface area contributed by atoms with Crippen molar-refractivity contribution in [1.82, 2.24) is 0 Å². The molecule has 21 heavy (non-hydrogen) atoms. The van der Waals surface area contributed by atoms with Crippen LogP contribution in [0, 0.1) is 5.82 Å². The predicted molar refractivity (Wildman–Crippen MR) is 82.9 cm³/mol. The molecule has 0 saturated heterocycles. The summed E-state index contributed by atoms with van der Waals surface area (Å²) in [6.07, 6.45) is 0. The van der Waals surface area contributed by atoms with E-state index in [2.05, 4.69) is 5.32 Å². The van der Waals surface area contributed by atoms with Gasteiger partial charge in [-0.15, -0.1) is 0 Å². The Balaban J connectivity index is 2.23. The topological polar surface area (TPSA) is 46.2 Å². The maximum atomic E-state index is 13.4. The molecule has 0 heterocycles. The van der Waals surface area contributed by atoms with Crippen molar-refractivity contribution in [3.05, 3.63) is 58.9 Å². The highest BCUT2D eigenvalue weighted by Crippen LogP contribution is 2.23. The zero-order valence-electron chi connectivity index (χ0n) is 11.4. The van der Waals surface area contributed by atoms with Gasteiger partial charge in [-0.05, 0) is 29.8 Å². The third-order valence-corrected chi connectivity index (χ3v) is 5.16. The Morgan fingerprint density at radius 1 is 1.19 bits per heavy atom. The lowest BCUT2D eigenvalue weighted by Gasteiger charge is -2.12. The maximum absolute atomic E-state index is 13.4. The highest BCUT2D eigenvalue weighted by atomic mass is 35.5. The highest BCUT2D eigenvalue weighted by molar-refractivity contribution is 7.91. The largest absolute Gasteiger partial charge is 0.380 e. The molecule has 2 aromatic rings. The van der Waals surface area contributed by atoms with Crippen molar-refractivity contribution in [3.63, 3.8) is 0 Å². The summed E-state index contributed by atoms with van der Waals surface area (Å²) in [4.78, 5) is 0.252. The Morgan fingerprint density at radius 3 is 2.57 bits per heavy atom. The zero-order valence-corrected chi connectivity index (χ0v) is 13.0. The quantitative estimate of drug-likeness (QED) is 0.906. The van der Waals surface area contributed by atoms with Gasteiger partial charge in [0.2, 0.25) is 0 Å². The summed E-state index contributed by atoms with van der Waals surface area (Å²) in [5.41, 5.74) is 1.19. The van der Waals surface area contributed by atoms with Crippen LogP contribution >= 0.6 is 11.6 Å². The summed E-state index contributed by atoms with van der Waals surface area (Å²) >= 11 is 5.63. The summed E-state index contributed by atoms with van der Waals surface area (Å²) in [7, 11) is -3.31. The van der Waals surface area contributed by atoms with Crippen molar-refractivity contribution in [2.24, 2.45) is 0 Å². The SMILES string of the molecule is CCS(=O)(=O)c1ccccc1NCc1ccc(Cl)c(F)c1. The molecular weight excluding hydrogens is 313 g/mol. The molecule has 0 aliphatic rings. The molecule has 1 N–H and O–H groups in total. The van der Waals surface area contributed by atoms with Crippen LogP contribution in [0.5, 0.6) is 0 Å². The fourth-order valence-electron chi connectivity index (χ4n) is 1.89. The molecule has 0 aliphatic heterocycles. The monoisotopic (exact) mass is 327 g/mol. The van der Waals surface area contributed by atoms with Crippen LogP contribution in [-0.4, -0.2) is 14.2 Å². The lowest BCUT2D eigenvalue weighted by molar-refractivity contribution is 0.597. The molecule has 0 radical (unpaired) electrons. The van der Waals surface area contributed by atoms with Gasteiger partial charge in [0.15, 0.2) is 9.84 Å². The van der Waals surface area contributed by atoms with Gasteiger partial charge >= 0.3 is 0 Å². The van der Waals surface area contributed by atoms with Crippen LogP contribution in [0.2, 0.25) is 5.02 Å². The first-order chi connectivity index (χ1) is 9.94. The van der Waals surface area contributed by atoms with Crippen LogP contribution < -0.4 is 5.32 Å². The van der Waals surface area contributed by atoms with Gasteiger partial charge in [0.25, 0.3) is 0 Å². The normalized spacial score (nSPS) is 11.4. The molecule has 0 spiro atoms. The molecule has 0 aromatic heterocycles. The molecule has 0 saturated carbocycles. The maximum Gasteiger partial charge on any atom is 0.180 e. The number of sulfone groups is 1. The van der Waals surface area contributed by atoms with Crippen molar-refractivity contribution in [3.8, 4) is 0 Å². The Kier molecular flexibility index (Phi) is 4.85. The molecule has 0 fully saturated rings. The van der Waals surface area contributed by atoms with E-state index in [9.17, 15) is 12.8 Å². The second-order valence-corrected chi connectivity index (χ2v) is 7.16. The van der Waals surface area contributed by atoms with Gasteiger partial charge in [0.1, 0.15) is 5.82 Å². The van der Waals surface area contributed by atoms with Crippen LogP contribution in [0.25, 0.3) is 0 Å². The van der Waals surface area contributed by atoms with Crippen molar-refractivity contribution in [1.29, 1.82) is 0 Å². The highest BCUT2D eigenvalue weighted by Gasteiger charge is 2.15. The van der Waals surface area contributed by atoms with E-state index in [1.807, 2.05) is 0 Å². The summed E-state index contributed by atoms with van der Waals surface area (Å²) in [5, 5.41) is 3.09. The lowest BCUT2D eigenvalue weighted by Crippen LogP contribution is -2.09. The van der Waals surface area contributed by atoms with Crippen LogP contribution in [0.15, 0.2) is 47.4 Å². The Hall–Kier alpha value is -1.59. The molecule has 2 rings (SSSR count). The number of para-hydroxylation sites is 1. The Bertz CT molecular complexity index is 747. The minimum Gasteiger partial charge on any atom is -0.380 e. The average molecular weight is 328 g/mol. The third kappa shape index (κ3) is 3.74. The Labute approximate surface area is 128 Å². The van der Waals surface area contributed by atoms with E-state index >= 15 is 0 Å². The average Bonchev–Trinajstić information content (AvgIpc) is 2.49. The molecule has 0 bridgehead atoms. The molecule has 3 nitrogen and oxygen atoms in total. The van der Waals surface area contributed by atoms with E-state index in [4.69, 9.17) is 11.6 Å². The number of halogens is 2. The lowest BCUT2D eigenvalue weighted by atomic mass is 10.2. The molecule has 112 valence electrons. The van der Waals surface area contributed by atoms with E-state index in [0.29, 0.717) is 17.8 Å². The number of rotatable bonds is 5. The molecular formula is C15H15ClFNO2S. The van der Waals surface area contributed by atoms with Crippen molar-refractivity contribution >= 4 is 27.1 Å². The summed E-state index contributed by atoms with van der Waals surface area (Å²) in [5.74, 6) is -0.466. The third-order valence-electron chi connectivity index (χ3n) is 3.07. The molecule has 2 aromatic carbocycles. The van der Waals surface area contributed by atoms with E-state index in [0.717, 1.165) is 0 Å². The van der Waals surface area contributed by atoms with E-state index < -0.39 is 15.7 Å². The zero-order chi connectivity index (χ0) is 15.5. The van der Waals surface area contributed by atoms with Gasteiger partial charge in [-0.2, -0.15) is 0 Å². The van der Waals surface area contributed by atoms with Crippen LogP contribution in [0.1, 0.15) is 12.5 Å². The summed E-state index contributed by atoms with van der Waals surface area (Å²) in [6.45, 7) is 1.91. The molecule has 0 unspecified atom stereocenters. The van der Waals surface area contributed by atoms with E-state index in [-0.39, 0.29) is 15.7 Å². The summed E-state index contributed by atoms with van der Waals surface area (Å²) in [6, 6.07) is 11.2. The van der Waals surface area contributed by atoms with Crippen molar-refractivity contribution in [2.75, 3.05) is 11.1 Å². The number of anilines is 1. The molecule has 0 amide bonds. The predicted octanol–water partition coefficient (Wildman–Crippen LogP) is 3.88. The first-order valence-electron chi connectivity index (χ1n) is 6.43. The van der Waals surface area contributed by atoms with Crippen LogP contribution in [0.3, 0.4) is 0 Å². The second-order valence-electron chi connectivity index (χ2n) is 4.50. The molecule has 0 aliphatic carbocycles. The van der Waals surface area contributed by atoms with E-state index in [1.54, 1.807) is 37.3 Å². The first kappa shape index (κ1) is 15.8. The summed E-state index contributed by atoms with van der Waals surface area (Å²) < 4.78 is 37.4. The number of hydrogen-bond acceptors (Lipinski definition) is 3. The minimum absolute atomic E-state index is 0.0290. The van der Waals surface area contributed by atoms with Gasteiger partial charge in [-0.1, -0.05) is 36.7 Å². The van der Waals surface area contributed by atoms with Crippen molar-refractivity contribution in [2.45, 2.75) is 18.4 Å². The second kappa shape index (κ2) is 6.45.